The molecule has 4 nitrogen and oxygen atoms in total. The Kier molecular flexibility index (Phi) is 3.74. The number of aliphatic hydroxyl groups is 1. The van der Waals surface area contributed by atoms with Crippen molar-refractivity contribution in [3.8, 4) is 5.88 Å². The summed E-state index contributed by atoms with van der Waals surface area (Å²) in [6.45, 7) is 2.58. The molecule has 1 N–H and O–H groups in total. The van der Waals surface area contributed by atoms with Gasteiger partial charge in [0.2, 0.25) is 5.88 Å². The monoisotopic (exact) mass is 222 g/mol. The minimum absolute atomic E-state index is 0.184. The van der Waals surface area contributed by atoms with Gasteiger partial charge in [0, 0.05) is 24.8 Å². The van der Waals surface area contributed by atoms with Crippen LogP contribution in [0.25, 0.3) is 0 Å². The molecule has 1 atom stereocenters. The van der Waals surface area contributed by atoms with Crippen LogP contribution in [0.15, 0.2) is 18.3 Å². The van der Waals surface area contributed by atoms with E-state index in [-0.39, 0.29) is 6.10 Å². The number of aromatic nitrogens is 1. The average Bonchev–Trinajstić information content (AvgIpc) is 2.30. The van der Waals surface area contributed by atoms with E-state index in [4.69, 9.17) is 4.74 Å². The van der Waals surface area contributed by atoms with E-state index in [9.17, 15) is 5.11 Å². The summed E-state index contributed by atoms with van der Waals surface area (Å²) in [5, 5.41) is 9.60. The van der Waals surface area contributed by atoms with Crippen LogP contribution in [0.5, 0.6) is 5.88 Å². The molecule has 1 unspecified atom stereocenters. The van der Waals surface area contributed by atoms with E-state index in [1.807, 2.05) is 12.1 Å². The van der Waals surface area contributed by atoms with Crippen molar-refractivity contribution in [3.63, 3.8) is 0 Å². The van der Waals surface area contributed by atoms with Crippen molar-refractivity contribution in [3.05, 3.63) is 23.9 Å². The maximum atomic E-state index is 9.60. The Morgan fingerprint density at radius 3 is 3.25 bits per heavy atom. The molecule has 0 radical (unpaired) electrons. The van der Waals surface area contributed by atoms with E-state index in [0.717, 1.165) is 38.0 Å². The molecule has 88 valence electrons. The molecule has 1 aliphatic heterocycles. The lowest BCUT2D eigenvalue weighted by atomic mass is 10.1. The standard InChI is InChI=1S/C12H18N2O2/c1-16-12-10(4-2-6-13-12)8-14-7-3-5-11(15)9-14/h2,4,6,11,15H,3,5,7-9H2,1H3. The summed E-state index contributed by atoms with van der Waals surface area (Å²) in [6, 6.07) is 3.94. The third kappa shape index (κ3) is 2.71. The molecule has 0 spiro atoms. The molecule has 0 amide bonds. The Hall–Kier alpha value is -1.13. The summed E-state index contributed by atoms with van der Waals surface area (Å²) in [5.41, 5.74) is 1.08. The van der Waals surface area contributed by atoms with Gasteiger partial charge in [-0.1, -0.05) is 6.07 Å². The summed E-state index contributed by atoms with van der Waals surface area (Å²) in [4.78, 5) is 6.41. The summed E-state index contributed by atoms with van der Waals surface area (Å²) < 4.78 is 5.21. The average molecular weight is 222 g/mol. The minimum Gasteiger partial charge on any atom is -0.481 e. The van der Waals surface area contributed by atoms with Gasteiger partial charge < -0.3 is 9.84 Å². The number of hydrogen-bond acceptors (Lipinski definition) is 4. The molecule has 2 heterocycles. The SMILES string of the molecule is COc1ncccc1CN1CCCC(O)C1. The second-order valence-corrected chi connectivity index (χ2v) is 4.20. The van der Waals surface area contributed by atoms with Gasteiger partial charge >= 0.3 is 0 Å². The van der Waals surface area contributed by atoms with E-state index in [2.05, 4.69) is 9.88 Å². The van der Waals surface area contributed by atoms with Crippen LogP contribution >= 0.6 is 0 Å². The predicted molar refractivity (Wildman–Crippen MR) is 61.3 cm³/mol. The number of likely N-dealkylation sites (tertiary alicyclic amines) is 1. The molecule has 1 saturated heterocycles. The Bertz CT molecular complexity index is 344. The van der Waals surface area contributed by atoms with Crippen LogP contribution in [0.3, 0.4) is 0 Å². The van der Waals surface area contributed by atoms with E-state index in [1.54, 1.807) is 13.3 Å². The number of hydrogen-bond donors (Lipinski definition) is 1. The minimum atomic E-state index is -0.184. The predicted octanol–water partition coefficient (Wildman–Crippen LogP) is 1.05. The van der Waals surface area contributed by atoms with Gasteiger partial charge in [0.25, 0.3) is 0 Å². The first-order chi connectivity index (χ1) is 7.79. The second-order valence-electron chi connectivity index (χ2n) is 4.20. The highest BCUT2D eigenvalue weighted by atomic mass is 16.5. The number of aliphatic hydroxyl groups excluding tert-OH is 1. The summed E-state index contributed by atoms with van der Waals surface area (Å²) in [6.07, 6.45) is 3.52. The lowest BCUT2D eigenvalue weighted by Crippen LogP contribution is -2.37. The maximum absolute atomic E-state index is 9.60. The Balaban J connectivity index is 2.02. The summed E-state index contributed by atoms with van der Waals surface area (Å²) >= 11 is 0. The van der Waals surface area contributed by atoms with Crippen LogP contribution < -0.4 is 4.74 Å². The summed E-state index contributed by atoms with van der Waals surface area (Å²) in [5.74, 6) is 0.683. The van der Waals surface area contributed by atoms with Crippen molar-refractivity contribution in [2.24, 2.45) is 0 Å². The molecule has 4 heteroatoms. The number of β-amino-alcohol motifs (C(OH)–C–C–N with tert-alkyl or cyclic N) is 1. The molecule has 0 saturated carbocycles. The number of rotatable bonds is 3. The number of nitrogens with zero attached hydrogens (tertiary/aromatic N) is 2. The molecule has 16 heavy (non-hydrogen) atoms. The van der Waals surface area contributed by atoms with Crippen LogP contribution in [0.2, 0.25) is 0 Å². The highest BCUT2D eigenvalue weighted by molar-refractivity contribution is 5.25. The molecule has 1 aromatic heterocycles. The molecule has 1 aliphatic rings. The largest absolute Gasteiger partial charge is 0.481 e. The first-order valence-corrected chi connectivity index (χ1v) is 5.68. The Morgan fingerprint density at radius 2 is 2.50 bits per heavy atom. The molecule has 1 aromatic rings. The third-order valence-corrected chi connectivity index (χ3v) is 2.92. The van der Waals surface area contributed by atoms with Gasteiger partial charge in [0.05, 0.1) is 13.2 Å². The molecular weight excluding hydrogens is 204 g/mol. The Labute approximate surface area is 95.9 Å². The molecule has 0 bridgehead atoms. The third-order valence-electron chi connectivity index (χ3n) is 2.92. The van der Waals surface area contributed by atoms with Crippen molar-refractivity contribution < 1.29 is 9.84 Å². The van der Waals surface area contributed by atoms with Gasteiger partial charge in [-0.3, -0.25) is 4.90 Å². The number of ether oxygens (including phenoxy) is 1. The molecule has 1 fully saturated rings. The van der Waals surface area contributed by atoms with Crippen LogP contribution in [0, 0.1) is 0 Å². The van der Waals surface area contributed by atoms with Crippen LogP contribution in [-0.4, -0.2) is 41.3 Å². The Morgan fingerprint density at radius 1 is 1.62 bits per heavy atom. The van der Waals surface area contributed by atoms with Crippen LogP contribution in [0.4, 0.5) is 0 Å². The van der Waals surface area contributed by atoms with E-state index < -0.39 is 0 Å². The zero-order valence-electron chi connectivity index (χ0n) is 9.59. The van der Waals surface area contributed by atoms with Gasteiger partial charge in [-0.2, -0.15) is 0 Å². The van der Waals surface area contributed by atoms with Crippen molar-refractivity contribution >= 4 is 0 Å². The van der Waals surface area contributed by atoms with Gasteiger partial charge in [0.15, 0.2) is 0 Å². The van der Waals surface area contributed by atoms with Gasteiger partial charge in [-0.15, -0.1) is 0 Å². The van der Waals surface area contributed by atoms with Crippen molar-refractivity contribution in [1.29, 1.82) is 0 Å². The van der Waals surface area contributed by atoms with Crippen LogP contribution in [-0.2, 0) is 6.54 Å². The molecule has 0 aromatic carbocycles. The van der Waals surface area contributed by atoms with E-state index in [0.29, 0.717) is 5.88 Å². The number of piperidine rings is 1. The normalized spacial score (nSPS) is 22.0. The fourth-order valence-corrected chi connectivity index (χ4v) is 2.14. The fraction of sp³-hybridized carbons (Fsp3) is 0.583. The smallest absolute Gasteiger partial charge is 0.217 e. The fourth-order valence-electron chi connectivity index (χ4n) is 2.14. The second kappa shape index (κ2) is 5.27. The highest BCUT2D eigenvalue weighted by Gasteiger charge is 2.18. The van der Waals surface area contributed by atoms with E-state index in [1.165, 1.54) is 0 Å². The molecule has 2 rings (SSSR count). The van der Waals surface area contributed by atoms with Crippen molar-refractivity contribution in [1.82, 2.24) is 9.88 Å². The molecule has 0 aliphatic carbocycles. The maximum Gasteiger partial charge on any atom is 0.217 e. The zero-order chi connectivity index (χ0) is 11.4. The number of pyridine rings is 1. The topological polar surface area (TPSA) is 45.6 Å². The molecular formula is C12H18N2O2. The number of methoxy groups -OCH3 is 1. The summed E-state index contributed by atoms with van der Waals surface area (Å²) in [7, 11) is 1.64. The van der Waals surface area contributed by atoms with Gasteiger partial charge in [0.1, 0.15) is 0 Å². The van der Waals surface area contributed by atoms with Gasteiger partial charge in [-0.05, 0) is 25.5 Å². The quantitative estimate of drug-likeness (QED) is 0.830. The van der Waals surface area contributed by atoms with Gasteiger partial charge in [-0.25, -0.2) is 4.98 Å². The van der Waals surface area contributed by atoms with Crippen molar-refractivity contribution in [2.75, 3.05) is 20.2 Å². The first kappa shape index (κ1) is 11.4. The highest BCUT2D eigenvalue weighted by Crippen LogP contribution is 2.18. The lowest BCUT2D eigenvalue weighted by molar-refractivity contribution is 0.0663. The van der Waals surface area contributed by atoms with E-state index >= 15 is 0 Å². The zero-order valence-corrected chi connectivity index (χ0v) is 9.59. The first-order valence-electron chi connectivity index (χ1n) is 5.68. The van der Waals surface area contributed by atoms with Crippen molar-refractivity contribution in [2.45, 2.75) is 25.5 Å². The lowest BCUT2D eigenvalue weighted by Gasteiger charge is -2.30. The van der Waals surface area contributed by atoms with Crippen LogP contribution in [0.1, 0.15) is 18.4 Å².